The molecular formula is C16H24N2O. The Morgan fingerprint density at radius 1 is 1.32 bits per heavy atom. The van der Waals surface area contributed by atoms with E-state index >= 15 is 0 Å². The molecule has 0 bridgehead atoms. The second-order valence-electron chi connectivity index (χ2n) is 6.52. The van der Waals surface area contributed by atoms with E-state index in [2.05, 4.69) is 20.8 Å². The summed E-state index contributed by atoms with van der Waals surface area (Å²) in [5, 5.41) is 0. The molecule has 2 atom stereocenters. The van der Waals surface area contributed by atoms with Gasteiger partial charge in [-0.1, -0.05) is 51.1 Å². The summed E-state index contributed by atoms with van der Waals surface area (Å²) in [7, 11) is 0. The Bertz CT molecular complexity index is 436. The Kier molecular flexibility index (Phi) is 3.95. The van der Waals surface area contributed by atoms with Gasteiger partial charge >= 0.3 is 0 Å². The standard InChI is InChI=1S/C16H24N2O/c1-16(2,3)13-9-10-18(11-13)15(19)14(17)12-7-5-4-6-8-12/h4-8,13-14H,9-11,17H2,1-3H3. The van der Waals surface area contributed by atoms with Gasteiger partial charge in [0.1, 0.15) is 6.04 Å². The highest BCUT2D eigenvalue weighted by atomic mass is 16.2. The van der Waals surface area contributed by atoms with E-state index in [4.69, 9.17) is 5.73 Å². The van der Waals surface area contributed by atoms with E-state index in [0.717, 1.165) is 25.1 Å². The molecule has 0 aliphatic carbocycles. The highest BCUT2D eigenvalue weighted by Crippen LogP contribution is 2.34. The molecule has 0 spiro atoms. The van der Waals surface area contributed by atoms with Crippen LogP contribution in [0.15, 0.2) is 30.3 Å². The first-order valence-electron chi connectivity index (χ1n) is 6.99. The van der Waals surface area contributed by atoms with Gasteiger partial charge in [-0.2, -0.15) is 0 Å². The number of amides is 1. The van der Waals surface area contributed by atoms with Crippen LogP contribution in [0.25, 0.3) is 0 Å². The Hall–Kier alpha value is -1.35. The van der Waals surface area contributed by atoms with Gasteiger partial charge in [0.05, 0.1) is 0 Å². The maximum Gasteiger partial charge on any atom is 0.244 e. The predicted octanol–water partition coefficient (Wildman–Crippen LogP) is 2.58. The number of likely N-dealkylation sites (tertiary alicyclic amines) is 1. The summed E-state index contributed by atoms with van der Waals surface area (Å²) < 4.78 is 0. The van der Waals surface area contributed by atoms with Gasteiger partial charge in [0.25, 0.3) is 0 Å². The minimum atomic E-state index is -0.528. The van der Waals surface area contributed by atoms with Crippen molar-refractivity contribution in [3.8, 4) is 0 Å². The van der Waals surface area contributed by atoms with Crippen LogP contribution in [0.2, 0.25) is 0 Å². The lowest BCUT2D eigenvalue weighted by atomic mass is 9.80. The fourth-order valence-electron chi connectivity index (χ4n) is 2.67. The average molecular weight is 260 g/mol. The molecule has 0 saturated carbocycles. The van der Waals surface area contributed by atoms with E-state index in [9.17, 15) is 4.79 Å². The summed E-state index contributed by atoms with van der Waals surface area (Å²) in [6.45, 7) is 8.39. The Morgan fingerprint density at radius 3 is 2.47 bits per heavy atom. The van der Waals surface area contributed by atoms with Crippen LogP contribution >= 0.6 is 0 Å². The molecule has 2 unspecified atom stereocenters. The minimum absolute atomic E-state index is 0.0537. The average Bonchev–Trinajstić information content (AvgIpc) is 2.87. The van der Waals surface area contributed by atoms with Crippen molar-refractivity contribution < 1.29 is 4.79 Å². The number of rotatable bonds is 2. The van der Waals surface area contributed by atoms with Crippen LogP contribution < -0.4 is 5.73 Å². The van der Waals surface area contributed by atoms with Gasteiger partial charge in [-0.05, 0) is 23.3 Å². The molecule has 2 rings (SSSR count). The van der Waals surface area contributed by atoms with Crippen molar-refractivity contribution in [3.63, 3.8) is 0 Å². The van der Waals surface area contributed by atoms with Crippen molar-refractivity contribution in [2.45, 2.75) is 33.2 Å². The molecule has 0 aromatic heterocycles. The third-order valence-electron chi connectivity index (χ3n) is 4.15. The Balaban J connectivity index is 2.02. The summed E-state index contributed by atoms with van der Waals surface area (Å²) in [5.41, 5.74) is 7.23. The van der Waals surface area contributed by atoms with Crippen LogP contribution in [0.4, 0.5) is 0 Å². The molecule has 1 saturated heterocycles. The molecule has 1 amide bonds. The van der Waals surface area contributed by atoms with Crippen molar-refractivity contribution in [1.82, 2.24) is 4.90 Å². The lowest BCUT2D eigenvalue weighted by Gasteiger charge is -2.27. The van der Waals surface area contributed by atoms with Crippen LogP contribution in [0.1, 0.15) is 38.8 Å². The first-order valence-corrected chi connectivity index (χ1v) is 6.99. The summed E-state index contributed by atoms with van der Waals surface area (Å²) >= 11 is 0. The summed E-state index contributed by atoms with van der Waals surface area (Å²) in [5.74, 6) is 0.623. The predicted molar refractivity (Wildman–Crippen MR) is 77.5 cm³/mol. The number of hydrogen-bond donors (Lipinski definition) is 1. The number of carbonyl (C=O) groups excluding carboxylic acids is 1. The molecule has 104 valence electrons. The Labute approximate surface area is 115 Å². The lowest BCUT2D eigenvalue weighted by Crippen LogP contribution is -2.38. The summed E-state index contributed by atoms with van der Waals surface area (Å²) in [6.07, 6.45) is 1.08. The largest absolute Gasteiger partial charge is 0.341 e. The first kappa shape index (κ1) is 14.1. The van der Waals surface area contributed by atoms with Gasteiger partial charge in [-0.15, -0.1) is 0 Å². The first-order chi connectivity index (χ1) is 8.89. The number of nitrogens with two attached hydrogens (primary N) is 1. The van der Waals surface area contributed by atoms with Gasteiger partial charge < -0.3 is 10.6 Å². The molecule has 1 aromatic carbocycles. The molecule has 0 radical (unpaired) electrons. The third kappa shape index (κ3) is 3.16. The van der Waals surface area contributed by atoms with E-state index in [1.54, 1.807) is 0 Å². The summed E-state index contributed by atoms with van der Waals surface area (Å²) in [6, 6.07) is 9.08. The second kappa shape index (κ2) is 5.33. The maximum atomic E-state index is 12.4. The Morgan fingerprint density at radius 2 is 1.95 bits per heavy atom. The van der Waals surface area contributed by atoms with E-state index in [-0.39, 0.29) is 11.3 Å². The van der Waals surface area contributed by atoms with Gasteiger partial charge in [0.15, 0.2) is 0 Å². The molecule has 1 fully saturated rings. The van der Waals surface area contributed by atoms with E-state index in [0.29, 0.717) is 5.92 Å². The summed E-state index contributed by atoms with van der Waals surface area (Å²) in [4.78, 5) is 14.3. The van der Waals surface area contributed by atoms with Crippen LogP contribution in [0.3, 0.4) is 0 Å². The van der Waals surface area contributed by atoms with E-state index in [1.807, 2.05) is 35.2 Å². The minimum Gasteiger partial charge on any atom is -0.341 e. The number of hydrogen-bond acceptors (Lipinski definition) is 2. The van der Waals surface area contributed by atoms with Crippen LogP contribution in [0, 0.1) is 11.3 Å². The van der Waals surface area contributed by atoms with Crippen LogP contribution in [-0.4, -0.2) is 23.9 Å². The molecule has 1 aromatic rings. The molecule has 19 heavy (non-hydrogen) atoms. The lowest BCUT2D eigenvalue weighted by molar-refractivity contribution is -0.131. The van der Waals surface area contributed by atoms with Gasteiger partial charge in [-0.25, -0.2) is 0 Å². The van der Waals surface area contributed by atoms with Gasteiger partial charge in [-0.3, -0.25) is 4.79 Å². The van der Waals surface area contributed by atoms with Crippen molar-refractivity contribution in [2.24, 2.45) is 17.1 Å². The van der Waals surface area contributed by atoms with Crippen molar-refractivity contribution >= 4 is 5.91 Å². The normalized spacial score (nSPS) is 21.5. The fraction of sp³-hybridized carbons (Fsp3) is 0.562. The van der Waals surface area contributed by atoms with Gasteiger partial charge in [0, 0.05) is 13.1 Å². The van der Waals surface area contributed by atoms with Crippen molar-refractivity contribution in [1.29, 1.82) is 0 Å². The highest BCUT2D eigenvalue weighted by molar-refractivity contribution is 5.83. The molecule has 1 aliphatic rings. The third-order valence-corrected chi connectivity index (χ3v) is 4.15. The second-order valence-corrected chi connectivity index (χ2v) is 6.52. The zero-order chi connectivity index (χ0) is 14.0. The number of benzene rings is 1. The molecule has 3 nitrogen and oxygen atoms in total. The smallest absolute Gasteiger partial charge is 0.244 e. The van der Waals surface area contributed by atoms with E-state index < -0.39 is 6.04 Å². The van der Waals surface area contributed by atoms with Crippen molar-refractivity contribution in [2.75, 3.05) is 13.1 Å². The monoisotopic (exact) mass is 260 g/mol. The fourth-order valence-corrected chi connectivity index (χ4v) is 2.67. The molecule has 3 heteroatoms. The maximum absolute atomic E-state index is 12.4. The number of nitrogens with zero attached hydrogens (tertiary/aromatic N) is 1. The molecule has 1 aliphatic heterocycles. The van der Waals surface area contributed by atoms with Crippen molar-refractivity contribution in [3.05, 3.63) is 35.9 Å². The quantitative estimate of drug-likeness (QED) is 0.888. The molecule has 2 N–H and O–H groups in total. The molecule has 1 heterocycles. The van der Waals surface area contributed by atoms with Crippen LogP contribution in [0.5, 0.6) is 0 Å². The topological polar surface area (TPSA) is 46.3 Å². The van der Waals surface area contributed by atoms with Gasteiger partial charge in [0.2, 0.25) is 5.91 Å². The SMILES string of the molecule is CC(C)(C)C1CCN(C(=O)C(N)c2ccccc2)C1. The van der Waals surface area contributed by atoms with Crippen LogP contribution in [-0.2, 0) is 4.79 Å². The number of carbonyl (C=O) groups is 1. The van der Waals surface area contributed by atoms with E-state index in [1.165, 1.54) is 0 Å². The zero-order valence-corrected chi connectivity index (χ0v) is 12.1. The highest BCUT2D eigenvalue weighted by Gasteiger charge is 2.35. The zero-order valence-electron chi connectivity index (χ0n) is 12.1. The molecular weight excluding hydrogens is 236 g/mol.